The van der Waals surface area contributed by atoms with Crippen LogP contribution < -0.4 is 9.47 Å². The van der Waals surface area contributed by atoms with E-state index < -0.39 is 16.3 Å². The Labute approximate surface area is 300 Å². The maximum atomic E-state index is 11.5. The zero-order valence-corrected chi connectivity index (χ0v) is 30.5. The molecular formula is C39H52N2O8S. The third-order valence-corrected chi connectivity index (χ3v) is 10.9. The van der Waals surface area contributed by atoms with Crippen LogP contribution in [0.15, 0.2) is 71.9 Å². The summed E-state index contributed by atoms with van der Waals surface area (Å²) in [6.45, 7) is 12.7. The Hall–Kier alpha value is -3.38. The van der Waals surface area contributed by atoms with E-state index in [-0.39, 0.29) is 47.8 Å². The van der Waals surface area contributed by atoms with Gasteiger partial charge in [0.2, 0.25) is 5.79 Å². The molecule has 5 rings (SSSR count). The van der Waals surface area contributed by atoms with E-state index in [1.807, 2.05) is 39.0 Å². The SMILES string of the molecule is C=CCOC12Oc3ccc(Oc4cccc([N+](=O)[O-])c4)cc3C3C(CCCCO)C(CCCCO)C=C(C(=NOC(C)(C)C)CC1SCC)C32. The Balaban J connectivity index is 1.72. The molecule has 2 N–H and O–H groups in total. The highest BCUT2D eigenvalue weighted by molar-refractivity contribution is 8.00. The number of benzene rings is 2. The number of rotatable bonds is 17. The molecule has 2 aromatic rings. The van der Waals surface area contributed by atoms with Crippen molar-refractivity contribution in [3.8, 4) is 17.2 Å². The lowest BCUT2D eigenvalue weighted by Crippen LogP contribution is -2.64. The van der Waals surface area contributed by atoms with Crippen molar-refractivity contribution in [2.45, 2.75) is 95.2 Å². The molecule has 0 amide bonds. The summed E-state index contributed by atoms with van der Waals surface area (Å²) in [4.78, 5) is 17.2. The minimum atomic E-state index is -1.02. The summed E-state index contributed by atoms with van der Waals surface area (Å²) in [6.07, 6.45) is 9.64. The fraction of sp³-hybridized carbons (Fsp3) is 0.564. The minimum absolute atomic E-state index is 0.0457. The van der Waals surface area contributed by atoms with Gasteiger partial charge in [0, 0.05) is 37.2 Å². The van der Waals surface area contributed by atoms with Gasteiger partial charge in [0.1, 0.15) is 22.8 Å². The number of oxime groups is 1. The third-order valence-electron chi connectivity index (χ3n) is 9.68. The summed E-state index contributed by atoms with van der Waals surface area (Å²) in [5.74, 6) is 1.48. The van der Waals surface area contributed by atoms with Gasteiger partial charge in [-0.2, -0.15) is 11.8 Å². The molecule has 10 nitrogen and oxygen atoms in total. The van der Waals surface area contributed by atoms with E-state index in [0.29, 0.717) is 37.4 Å². The lowest BCUT2D eigenvalue weighted by molar-refractivity contribution is -0.384. The quantitative estimate of drug-likeness (QED) is 0.0718. The largest absolute Gasteiger partial charge is 0.460 e. The molecule has 2 aliphatic carbocycles. The van der Waals surface area contributed by atoms with Gasteiger partial charge in [-0.25, -0.2) is 0 Å². The van der Waals surface area contributed by atoms with E-state index in [1.54, 1.807) is 30.0 Å². The molecule has 0 bridgehead atoms. The van der Waals surface area contributed by atoms with E-state index in [2.05, 4.69) is 19.6 Å². The Morgan fingerprint density at radius 2 is 1.84 bits per heavy atom. The molecule has 6 unspecified atom stereocenters. The van der Waals surface area contributed by atoms with Gasteiger partial charge in [0.05, 0.1) is 34.5 Å². The predicted molar refractivity (Wildman–Crippen MR) is 197 cm³/mol. The summed E-state index contributed by atoms with van der Waals surface area (Å²) in [5, 5.41) is 35.7. The van der Waals surface area contributed by atoms with Crippen LogP contribution >= 0.6 is 11.8 Å². The van der Waals surface area contributed by atoms with Crippen LogP contribution in [-0.2, 0) is 9.57 Å². The van der Waals surface area contributed by atoms with Crippen molar-refractivity contribution in [1.82, 2.24) is 0 Å². The van der Waals surface area contributed by atoms with Gasteiger partial charge in [0.25, 0.3) is 5.69 Å². The zero-order chi connectivity index (χ0) is 35.9. The highest BCUT2D eigenvalue weighted by Gasteiger charge is 2.63. The number of thioether (sulfide) groups is 1. The molecule has 1 fully saturated rings. The number of nitrogens with zero attached hydrogens (tertiary/aromatic N) is 2. The first-order valence-electron chi connectivity index (χ1n) is 17.9. The van der Waals surface area contributed by atoms with Crippen molar-refractivity contribution < 1.29 is 34.2 Å². The maximum Gasteiger partial charge on any atom is 0.273 e. The number of aliphatic hydroxyl groups excluding tert-OH is 2. The van der Waals surface area contributed by atoms with Crippen LogP contribution in [0.2, 0.25) is 0 Å². The molecule has 2 aromatic carbocycles. The monoisotopic (exact) mass is 708 g/mol. The number of ether oxygens (including phenoxy) is 3. The van der Waals surface area contributed by atoms with Crippen LogP contribution in [-0.4, -0.2) is 63.1 Å². The molecule has 0 saturated heterocycles. The topological polar surface area (TPSA) is 133 Å². The summed E-state index contributed by atoms with van der Waals surface area (Å²) in [5.41, 5.74) is 2.43. The Kier molecular flexibility index (Phi) is 12.7. The summed E-state index contributed by atoms with van der Waals surface area (Å²) in [7, 11) is 0. The molecule has 272 valence electrons. The van der Waals surface area contributed by atoms with Crippen molar-refractivity contribution in [3.05, 3.63) is 82.4 Å². The molecule has 1 aliphatic heterocycles. The lowest BCUT2D eigenvalue weighted by atomic mass is 9.56. The molecule has 11 heteroatoms. The van der Waals surface area contributed by atoms with Gasteiger partial charge in [0.15, 0.2) is 0 Å². The summed E-state index contributed by atoms with van der Waals surface area (Å²) < 4.78 is 20.3. The van der Waals surface area contributed by atoms with E-state index in [9.17, 15) is 20.3 Å². The second kappa shape index (κ2) is 16.8. The highest BCUT2D eigenvalue weighted by atomic mass is 32.2. The van der Waals surface area contributed by atoms with Crippen LogP contribution in [0, 0.1) is 27.9 Å². The van der Waals surface area contributed by atoms with E-state index in [0.717, 1.165) is 54.0 Å². The first-order chi connectivity index (χ1) is 24.0. The van der Waals surface area contributed by atoms with Gasteiger partial charge < -0.3 is 29.3 Å². The number of nitro groups is 1. The van der Waals surface area contributed by atoms with E-state index in [4.69, 9.17) is 24.2 Å². The number of non-ortho nitro benzene ring substituents is 1. The fourth-order valence-corrected chi connectivity index (χ4v) is 8.90. The second-order valence-electron chi connectivity index (χ2n) is 14.3. The van der Waals surface area contributed by atoms with Gasteiger partial charge >= 0.3 is 0 Å². The van der Waals surface area contributed by atoms with Crippen molar-refractivity contribution in [3.63, 3.8) is 0 Å². The number of fused-ring (bicyclic) bond motifs is 2. The molecule has 0 spiro atoms. The van der Waals surface area contributed by atoms with Crippen LogP contribution in [0.25, 0.3) is 0 Å². The normalized spacial score (nSPS) is 26.3. The van der Waals surface area contributed by atoms with Gasteiger partial charge in [-0.1, -0.05) is 43.1 Å². The average molecular weight is 709 g/mol. The number of hydrogen-bond acceptors (Lipinski definition) is 10. The maximum absolute atomic E-state index is 11.5. The first-order valence-corrected chi connectivity index (χ1v) is 18.9. The predicted octanol–water partition coefficient (Wildman–Crippen LogP) is 8.57. The van der Waals surface area contributed by atoms with Crippen molar-refractivity contribution in [1.29, 1.82) is 0 Å². The van der Waals surface area contributed by atoms with Crippen molar-refractivity contribution in [2.24, 2.45) is 22.9 Å². The molecule has 6 atom stereocenters. The van der Waals surface area contributed by atoms with Gasteiger partial charge in [-0.3, -0.25) is 10.1 Å². The summed E-state index contributed by atoms with van der Waals surface area (Å²) >= 11 is 1.80. The molecule has 50 heavy (non-hydrogen) atoms. The Morgan fingerprint density at radius 1 is 1.10 bits per heavy atom. The highest BCUT2D eigenvalue weighted by Crippen LogP contribution is 2.62. The molecule has 1 heterocycles. The number of allylic oxidation sites excluding steroid dienone is 1. The van der Waals surface area contributed by atoms with Crippen LogP contribution in [0.5, 0.6) is 17.2 Å². The van der Waals surface area contributed by atoms with Crippen LogP contribution in [0.1, 0.15) is 84.1 Å². The van der Waals surface area contributed by atoms with Crippen LogP contribution in [0.4, 0.5) is 5.69 Å². The summed E-state index contributed by atoms with van der Waals surface area (Å²) in [6, 6.07) is 12.0. The Morgan fingerprint density at radius 3 is 2.52 bits per heavy atom. The lowest BCUT2D eigenvalue weighted by Gasteiger charge is -2.58. The molecule has 3 aliphatic rings. The zero-order valence-electron chi connectivity index (χ0n) is 29.7. The van der Waals surface area contributed by atoms with Gasteiger partial charge in [-0.05, 0) is 93.9 Å². The molecule has 0 radical (unpaired) electrons. The smallest absolute Gasteiger partial charge is 0.273 e. The van der Waals surface area contributed by atoms with Crippen molar-refractivity contribution in [2.75, 3.05) is 25.6 Å². The number of aliphatic hydroxyl groups is 2. The molecular weight excluding hydrogens is 657 g/mol. The number of hydrogen-bond donors (Lipinski definition) is 2. The number of nitro benzene ring substituents is 1. The average Bonchev–Trinajstić information content (AvgIpc) is 3.08. The van der Waals surface area contributed by atoms with Gasteiger partial charge in [-0.15, -0.1) is 6.58 Å². The Bertz CT molecular complexity index is 1550. The fourth-order valence-electron chi connectivity index (χ4n) is 7.73. The molecule has 1 saturated carbocycles. The first kappa shape index (κ1) is 37.9. The van der Waals surface area contributed by atoms with E-state index in [1.165, 1.54) is 12.1 Å². The van der Waals surface area contributed by atoms with E-state index >= 15 is 0 Å². The minimum Gasteiger partial charge on any atom is -0.460 e. The molecule has 0 aromatic heterocycles. The third kappa shape index (κ3) is 8.39. The van der Waals surface area contributed by atoms with Crippen LogP contribution in [0.3, 0.4) is 0 Å². The van der Waals surface area contributed by atoms with Crippen molar-refractivity contribution >= 4 is 23.2 Å². The second-order valence-corrected chi connectivity index (χ2v) is 15.7. The standard InChI is InChI=1S/C39H52N2O8S/c1-6-21-46-39-35(50-7-2)25-33(40-49-38(3,4)5)31-22-26(13-8-10-19-42)30(16-9-11-20-43)36(37(31)39)32-24-29(17-18-34(32)48-39)47-28-15-12-14-27(23-28)41(44)45/h6,12,14-15,17-18,22-24,26,30,35-37,42-43H,1,7-11,13,16,19-21,25H2,2-5H3. The number of unbranched alkanes of at least 4 members (excludes halogenated alkanes) is 2.